The third kappa shape index (κ3) is 3.04. The van der Waals surface area contributed by atoms with Crippen molar-refractivity contribution in [2.24, 2.45) is 5.92 Å². The minimum atomic E-state index is 0.760. The predicted molar refractivity (Wildman–Crippen MR) is 58.5 cm³/mol. The molecule has 84 valence electrons. The third-order valence-electron chi connectivity index (χ3n) is 2.85. The first-order valence-corrected chi connectivity index (χ1v) is 5.61. The molecule has 1 aliphatic rings. The Morgan fingerprint density at radius 2 is 2.33 bits per heavy atom. The summed E-state index contributed by atoms with van der Waals surface area (Å²) in [5, 5.41) is 3.11. The van der Waals surface area contributed by atoms with Crippen LogP contribution in [0.1, 0.15) is 18.5 Å². The molecular weight excluding hydrogens is 190 g/mol. The van der Waals surface area contributed by atoms with Crippen molar-refractivity contribution >= 4 is 0 Å². The van der Waals surface area contributed by atoms with Crippen LogP contribution in [0.25, 0.3) is 0 Å². The topological polar surface area (TPSA) is 39.1 Å². The Morgan fingerprint density at radius 3 is 3.07 bits per heavy atom. The Bertz CT molecular complexity index is 292. The van der Waals surface area contributed by atoms with Gasteiger partial charge in [-0.2, -0.15) is 0 Å². The van der Waals surface area contributed by atoms with Gasteiger partial charge in [-0.1, -0.05) is 0 Å². The first kappa shape index (κ1) is 10.6. The maximum atomic E-state index is 5.35. The average Bonchev–Trinajstić information content (AvgIpc) is 2.68. The highest BCUT2D eigenvalue weighted by Crippen LogP contribution is 2.16. The molecule has 1 N–H and O–H groups in total. The predicted octanol–water partition coefficient (Wildman–Crippen LogP) is 1.03. The van der Waals surface area contributed by atoms with Crippen LogP contribution in [0.3, 0.4) is 0 Å². The molecule has 0 atom stereocenters. The van der Waals surface area contributed by atoms with Crippen LogP contribution in [-0.4, -0.2) is 29.8 Å². The first-order valence-electron chi connectivity index (χ1n) is 5.61. The molecule has 4 heteroatoms. The Morgan fingerprint density at radius 1 is 1.53 bits per heavy atom. The second-order valence-electron chi connectivity index (χ2n) is 4.15. The summed E-state index contributed by atoms with van der Waals surface area (Å²) in [6, 6.07) is 0. The van der Waals surface area contributed by atoms with Gasteiger partial charge in [-0.25, -0.2) is 4.98 Å². The number of imidazole rings is 1. The summed E-state index contributed by atoms with van der Waals surface area (Å²) < 4.78 is 7.54. The van der Waals surface area contributed by atoms with E-state index in [-0.39, 0.29) is 0 Å². The minimum Gasteiger partial charge on any atom is -0.381 e. The summed E-state index contributed by atoms with van der Waals surface area (Å²) in [5.74, 6) is 0.760. The summed E-state index contributed by atoms with van der Waals surface area (Å²) >= 11 is 0. The van der Waals surface area contributed by atoms with Crippen LogP contribution in [0.5, 0.6) is 0 Å². The van der Waals surface area contributed by atoms with Gasteiger partial charge in [0, 0.05) is 32.5 Å². The van der Waals surface area contributed by atoms with E-state index in [4.69, 9.17) is 4.74 Å². The van der Waals surface area contributed by atoms with Gasteiger partial charge in [0.05, 0.1) is 12.0 Å². The van der Waals surface area contributed by atoms with Gasteiger partial charge in [0.1, 0.15) is 0 Å². The van der Waals surface area contributed by atoms with Crippen molar-refractivity contribution in [2.75, 3.05) is 20.3 Å². The van der Waals surface area contributed by atoms with Crippen LogP contribution in [0.2, 0.25) is 0 Å². The Kier molecular flexibility index (Phi) is 3.75. The van der Waals surface area contributed by atoms with Crippen LogP contribution < -0.4 is 5.32 Å². The smallest absolute Gasteiger partial charge is 0.0950 e. The number of aromatic nitrogens is 2. The zero-order chi connectivity index (χ0) is 10.5. The van der Waals surface area contributed by atoms with Crippen molar-refractivity contribution in [3.05, 3.63) is 18.2 Å². The van der Waals surface area contributed by atoms with Gasteiger partial charge < -0.3 is 14.6 Å². The lowest BCUT2D eigenvalue weighted by Gasteiger charge is -2.21. The van der Waals surface area contributed by atoms with Crippen LogP contribution in [0.4, 0.5) is 0 Å². The molecule has 2 rings (SSSR count). The molecule has 1 aromatic rings. The van der Waals surface area contributed by atoms with E-state index in [1.54, 1.807) is 0 Å². The molecule has 0 radical (unpaired) electrons. The molecule has 0 aliphatic carbocycles. The van der Waals surface area contributed by atoms with E-state index in [1.165, 1.54) is 12.8 Å². The largest absolute Gasteiger partial charge is 0.381 e. The van der Waals surface area contributed by atoms with Gasteiger partial charge in [-0.05, 0) is 25.8 Å². The Balaban J connectivity index is 1.86. The fraction of sp³-hybridized carbons (Fsp3) is 0.727. The standard InChI is InChI=1S/C11H19N3O/c1-12-6-11-8-14(9-13-11)7-10-2-4-15-5-3-10/h8-10,12H,2-7H2,1H3. The molecule has 0 amide bonds. The highest BCUT2D eigenvalue weighted by Gasteiger charge is 2.14. The lowest BCUT2D eigenvalue weighted by atomic mass is 10.0. The summed E-state index contributed by atoms with van der Waals surface area (Å²) in [6.07, 6.45) is 6.42. The highest BCUT2D eigenvalue weighted by molar-refractivity contribution is 4.96. The average molecular weight is 209 g/mol. The van der Waals surface area contributed by atoms with Gasteiger partial charge in [0.25, 0.3) is 0 Å². The van der Waals surface area contributed by atoms with Crippen LogP contribution in [0, 0.1) is 5.92 Å². The number of rotatable bonds is 4. The molecule has 1 saturated heterocycles. The van der Waals surface area contributed by atoms with E-state index >= 15 is 0 Å². The molecular formula is C11H19N3O. The highest BCUT2D eigenvalue weighted by atomic mass is 16.5. The zero-order valence-electron chi connectivity index (χ0n) is 9.28. The Hall–Kier alpha value is -0.870. The molecule has 0 unspecified atom stereocenters. The minimum absolute atomic E-state index is 0.760. The number of ether oxygens (including phenoxy) is 1. The molecule has 2 heterocycles. The molecule has 1 fully saturated rings. The normalized spacial score (nSPS) is 18.2. The van der Waals surface area contributed by atoms with Crippen molar-refractivity contribution in [3.63, 3.8) is 0 Å². The summed E-state index contributed by atoms with van der Waals surface area (Å²) in [7, 11) is 1.94. The van der Waals surface area contributed by atoms with Gasteiger partial charge in [-0.3, -0.25) is 0 Å². The van der Waals surface area contributed by atoms with Crippen molar-refractivity contribution in [2.45, 2.75) is 25.9 Å². The molecule has 0 saturated carbocycles. The third-order valence-corrected chi connectivity index (χ3v) is 2.85. The monoisotopic (exact) mass is 209 g/mol. The SMILES string of the molecule is CNCc1cn(CC2CCOCC2)cn1. The fourth-order valence-electron chi connectivity index (χ4n) is 2.01. The zero-order valence-corrected chi connectivity index (χ0v) is 9.28. The van der Waals surface area contributed by atoms with E-state index in [2.05, 4.69) is 21.1 Å². The van der Waals surface area contributed by atoms with Crippen molar-refractivity contribution < 1.29 is 4.74 Å². The lowest BCUT2D eigenvalue weighted by molar-refractivity contribution is 0.0612. The molecule has 1 aliphatic heterocycles. The van der Waals surface area contributed by atoms with Crippen molar-refractivity contribution in [3.8, 4) is 0 Å². The van der Waals surface area contributed by atoms with Gasteiger partial charge in [0.15, 0.2) is 0 Å². The van der Waals surface area contributed by atoms with Crippen LogP contribution in [0.15, 0.2) is 12.5 Å². The maximum Gasteiger partial charge on any atom is 0.0950 e. The molecule has 1 aromatic heterocycles. The second-order valence-corrected chi connectivity index (χ2v) is 4.15. The molecule has 15 heavy (non-hydrogen) atoms. The molecule has 0 spiro atoms. The summed E-state index contributed by atoms with van der Waals surface area (Å²) in [6.45, 7) is 3.77. The van der Waals surface area contributed by atoms with Crippen molar-refractivity contribution in [1.29, 1.82) is 0 Å². The number of nitrogens with zero attached hydrogens (tertiary/aromatic N) is 2. The molecule has 0 aromatic carbocycles. The van der Waals surface area contributed by atoms with E-state index in [9.17, 15) is 0 Å². The van der Waals surface area contributed by atoms with Crippen LogP contribution in [-0.2, 0) is 17.8 Å². The molecule has 4 nitrogen and oxygen atoms in total. The maximum absolute atomic E-state index is 5.35. The van der Waals surface area contributed by atoms with Crippen molar-refractivity contribution in [1.82, 2.24) is 14.9 Å². The number of nitrogens with one attached hydrogen (secondary N) is 1. The van der Waals surface area contributed by atoms with E-state index < -0.39 is 0 Å². The summed E-state index contributed by atoms with van der Waals surface area (Å²) in [4.78, 5) is 4.34. The summed E-state index contributed by atoms with van der Waals surface area (Å²) in [5.41, 5.74) is 1.12. The fourth-order valence-corrected chi connectivity index (χ4v) is 2.01. The van der Waals surface area contributed by atoms with Gasteiger partial charge in [-0.15, -0.1) is 0 Å². The number of hydrogen-bond acceptors (Lipinski definition) is 3. The second kappa shape index (κ2) is 5.28. The number of hydrogen-bond donors (Lipinski definition) is 1. The first-order chi connectivity index (χ1) is 7.38. The quantitative estimate of drug-likeness (QED) is 0.805. The Labute approximate surface area is 90.6 Å². The van der Waals surface area contributed by atoms with E-state index in [1.807, 2.05) is 13.4 Å². The van der Waals surface area contributed by atoms with Gasteiger partial charge in [0.2, 0.25) is 0 Å². The molecule has 0 bridgehead atoms. The lowest BCUT2D eigenvalue weighted by Crippen LogP contribution is -2.19. The van der Waals surface area contributed by atoms with E-state index in [0.717, 1.165) is 37.9 Å². The van der Waals surface area contributed by atoms with E-state index in [0.29, 0.717) is 0 Å². The van der Waals surface area contributed by atoms with Gasteiger partial charge >= 0.3 is 0 Å². The van der Waals surface area contributed by atoms with Crippen LogP contribution >= 0.6 is 0 Å².